The molecule has 5 heteroatoms. The summed E-state index contributed by atoms with van der Waals surface area (Å²) in [5.74, 6) is 0.485. The zero-order valence-corrected chi connectivity index (χ0v) is 15.2. The van der Waals surface area contributed by atoms with Gasteiger partial charge in [0.2, 0.25) is 0 Å². The predicted molar refractivity (Wildman–Crippen MR) is 97.2 cm³/mol. The van der Waals surface area contributed by atoms with Crippen LogP contribution in [0.4, 0.5) is 4.79 Å². The molecule has 1 aromatic carbocycles. The fraction of sp³-hybridized carbons (Fsp3) is 0.650. The highest BCUT2D eigenvalue weighted by Crippen LogP contribution is 2.52. The lowest BCUT2D eigenvalue weighted by molar-refractivity contribution is -0.108. The molecule has 3 aliphatic rings. The van der Waals surface area contributed by atoms with Crippen LogP contribution < -0.4 is 10.6 Å². The van der Waals surface area contributed by atoms with Gasteiger partial charge in [-0.05, 0) is 18.4 Å². The molecule has 0 spiro atoms. The highest BCUT2D eigenvalue weighted by molar-refractivity contribution is 5.75. The summed E-state index contributed by atoms with van der Waals surface area (Å²) in [6.07, 6.45) is 2.39. The molecule has 0 aromatic heterocycles. The number of hydrogen-bond acceptors (Lipinski definition) is 3. The van der Waals surface area contributed by atoms with Crippen molar-refractivity contribution in [2.45, 2.75) is 51.4 Å². The van der Waals surface area contributed by atoms with Gasteiger partial charge in [-0.3, -0.25) is 4.90 Å². The van der Waals surface area contributed by atoms with Crippen LogP contribution in [0.25, 0.3) is 0 Å². The summed E-state index contributed by atoms with van der Waals surface area (Å²) in [5, 5.41) is 6.40. The zero-order chi connectivity index (χ0) is 17.4. The minimum atomic E-state index is -0.0185. The Labute approximate surface area is 150 Å². The van der Waals surface area contributed by atoms with E-state index >= 15 is 0 Å². The molecule has 5 nitrogen and oxygen atoms in total. The molecule has 0 bridgehead atoms. The maximum atomic E-state index is 12.5. The Morgan fingerprint density at radius 2 is 2.04 bits per heavy atom. The molecular formula is C20H29N3O2. The second-order valence-corrected chi connectivity index (χ2v) is 8.37. The van der Waals surface area contributed by atoms with Crippen molar-refractivity contribution in [2.24, 2.45) is 11.3 Å². The molecule has 25 heavy (non-hydrogen) atoms. The minimum absolute atomic E-state index is 0.0185. The highest BCUT2D eigenvalue weighted by Gasteiger charge is 2.59. The normalized spacial score (nSPS) is 33.5. The molecule has 2 amide bonds. The second-order valence-electron chi connectivity index (χ2n) is 8.37. The van der Waals surface area contributed by atoms with Crippen molar-refractivity contribution in [3.63, 3.8) is 0 Å². The Hall–Kier alpha value is -1.59. The maximum Gasteiger partial charge on any atom is 0.315 e. The molecule has 4 rings (SSSR count). The van der Waals surface area contributed by atoms with E-state index in [1.54, 1.807) is 0 Å². The molecular weight excluding hydrogens is 314 g/mol. The number of nitrogens with zero attached hydrogens (tertiary/aromatic N) is 1. The van der Waals surface area contributed by atoms with Crippen LogP contribution in [0.5, 0.6) is 0 Å². The molecule has 1 saturated carbocycles. The van der Waals surface area contributed by atoms with E-state index in [-0.39, 0.29) is 23.5 Å². The molecule has 1 aromatic rings. The summed E-state index contributed by atoms with van der Waals surface area (Å²) in [6.45, 7) is 8.13. The molecule has 2 aliphatic heterocycles. The summed E-state index contributed by atoms with van der Waals surface area (Å²) in [5.41, 5.74) is 1.36. The lowest BCUT2D eigenvalue weighted by Crippen LogP contribution is -2.68. The number of nitrogens with one attached hydrogen (secondary N) is 2. The van der Waals surface area contributed by atoms with Crippen molar-refractivity contribution in [1.29, 1.82) is 0 Å². The van der Waals surface area contributed by atoms with Crippen LogP contribution in [0.15, 0.2) is 30.3 Å². The molecule has 4 atom stereocenters. The Morgan fingerprint density at radius 3 is 2.84 bits per heavy atom. The summed E-state index contributed by atoms with van der Waals surface area (Å²) in [7, 11) is 0. The Bertz CT molecular complexity index is 619. The average Bonchev–Trinajstić information content (AvgIpc) is 3.22. The van der Waals surface area contributed by atoms with Gasteiger partial charge in [0.1, 0.15) is 0 Å². The van der Waals surface area contributed by atoms with Gasteiger partial charge in [0.15, 0.2) is 0 Å². The average molecular weight is 343 g/mol. The fourth-order valence-corrected chi connectivity index (χ4v) is 4.92. The number of likely N-dealkylation sites (tertiary alicyclic amines) is 1. The van der Waals surface area contributed by atoms with Crippen LogP contribution in [0.3, 0.4) is 0 Å². The number of fused-ring (bicyclic) bond motifs is 1. The number of benzene rings is 1. The van der Waals surface area contributed by atoms with Crippen molar-refractivity contribution in [1.82, 2.24) is 15.5 Å². The van der Waals surface area contributed by atoms with Crippen molar-refractivity contribution >= 4 is 6.03 Å². The van der Waals surface area contributed by atoms with E-state index in [1.807, 2.05) is 6.07 Å². The van der Waals surface area contributed by atoms with E-state index in [0.717, 1.165) is 39.1 Å². The monoisotopic (exact) mass is 343 g/mol. The van der Waals surface area contributed by atoms with E-state index in [2.05, 4.69) is 53.6 Å². The van der Waals surface area contributed by atoms with Gasteiger partial charge in [0.05, 0.1) is 6.10 Å². The standard InChI is InChI=1S/C20H29N3O2/c1-20(2)17(16-9-11-25-18(16)20)22-19(24)21-15-8-10-23(13-15)12-14-6-4-3-5-7-14/h3-7,15-18H,8-13H2,1-2H3,(H2,21,22,24). The SMILES string of the molecule is CC1(C)C(NC(=O)NC2CCN(Cc3ccccc3)C2)C2CCOC21. The summed E-state index contributed by atoms with van der Waals surface area (Å²) in [6, 6.07) is 11.0. The Kier molecular flexibility index (Phi) is 4.46. The number of ether oxygens (including phenoxy) is 1. The highest BCUT2D eigenvalue weighted by atomic mass is 16.5. The predicted octanol–water partition coefficient (Wildman–Crippen LogP) is 2.37. The molecule has 136 valence electrons. The van der Waals surface area contributed by atoms with Gasteiger partial charge in [0.25, 0.3) is 0 Å². The quantitative estimate of drug-likeness (QED) is 0.882. The van der Waals surface area contributed by atoms with E-state index < -0.39 is 0 Å². The van der Waals surface area contributed by atoms with Crippen LogP contribution in [-0.4, -0.2) is 48.8 Å². The number of hydrogen-bond donors (Lipinski definition) is 2. The van der Waals surface area contributed by atoms with Gasteiger partial charge in [0, 0.05) is 49.7 Å². The van der Waals surface area contributed by atoms with Crippen LogP contribution in [-0.2, 0) is 11.3 Å². The van der Waals surface area contributed by atoms with Gasteiger partial charge in [-0.25, -0.2) is 4.79 Å². The molecule has 2 saturated heterocycles. The van der Waals surface area contributed by atoms with Gasteiger partial charge in [-0.1, -0.05) is 44.2 Å². The molecule has 2 N–H and O–H groups in total. The summed E-state index contributed by atoms with van der Waals surface area (Å²) < 4.78 is 5.80. The van der Waals surface area contributed by atoms with Crippen molar-refractivity contribution < 1.29 is 9.53 Å². The van der Waals surface area contributed by atoms with E-state index in [9.17, 15) is 4.79 Å². The third-order valence-corrected chi connectivity index (χ3v) is 6.24. The number of carbonyl (C=O) groups is 1. The molecule has 4 unspecified atom stereocenters. The smallest absolute Gasteiger partial charge is 0.315 e. The second kappa shape index (κ2) is 6.61. The minimum Gasteiger partial charge on any atom is -0.377 e. The van der Waals surface area contributed by atoms with Crippen molar-refractivity contribution in [3.05, 3.63) is 35.9 Å². The first kappa shape index (κ1) is 16.9. The number of amides is 2. The van der Waals surface area contributed by atoms with Crippen LogP contribution in [0.2, 0.25) is 0 Å². The van der Waals surface area contributed by atoms with E-state index in [1.165, 1.54) is 5.56 Å². The number of urea groups is 1. The Morgan fingerprint density at radius 1 is 1.24 bits per heavy atom. The van der Waals surface area contributed by atoms with Crippen LogP contribution >= 0.6 is 0 Å². The van der Waals surface area contributed by atoms with Gasteiger partial charge in [-0.2, -0.15) is 0 Å². The van der Waals surface area contributed by atoms with Gasteiger partial charge in [-0.15, -0.1) is 0 Å². The lowest BCUT2D eigenvalue weighted by Gasteiger charge is -2.54. The first-order valence-electron chi connectivity index (χ1n) is 9.49. The van der Waals surface area contributed by atoms with E-state index in [4.69, 9.17) is 4.74 Å². The zero-order valence-electron chi connectivity index (χ0n) is 15.2. The van der Waals surface area contributed by atoms with Crippen molar-refractivity contribution in [3.8, 4) is 0 Å². The number of rotatable bonds is 4. The summed E-state index contributed by atoms with van der Waals surface area (Å²) in [4.78, 5) is 14.9. The fourth-order valence-electron chi connectivity index (χ4n) is 4.92. The Balaban J connectivity index is 1.25. The molecule has 2 heterocycles. The lowest BCUT2D eigenvalue weighted by atomic mass is 9.57. The van der Waals surface area contributed by atoms with Crippen LogP contribution in [0.1, 0.15) is 32.3 Å². The molecule has 3 fully saturated rings. The first-order chi connectivity index (χ1) is 12.0. The number of carbonyl (C=O) groups excluding carboxylic acids is 1. The largest absolute Gasteiger partial charge is 0.377 e. The van der Waals surface area contributed by atoms with Crippen molar-refractivity contribution in [2.75, 3.05) is 19.7 Å². The van der Waals surface area contributed by atoms with Gasteiger partial charge < -0.3 is 15.4 Å². The van der Waals surface area contributed by atoms with Gasteiger partial charge >= 0.3 is 6.03 Å². The molecule has 1 aliphatic carbocycles. The first-order valence-corrected chi connectivity index (χ1v) is 9.49. The molecule has 0 radical (unpaired) electrons. The van der Waals surface area contributed by atoms with Crippen LogP contribution in [0, 0.1) is 11.3 Å². The third-order valence-electron chi connectivity index (χ3n) is 6.24. The third kappa shape index (κ3) is 3.27. The maximum absolute atomic E-state index is 12.5. The summed E-state index contributed by atoms with van der Waals surface area (Å²) >= 11 is 0. The topological polar surface area (TPSA) is 53.6 Å². The van der Waals surface area contributed by atoms with E-state index in [0.29, 0.717) is 12.0 Å².